The Hall–Kier alpha value is -1.83. The number of rotatable bonds is 12. The number of likely N-dealkylation sites (tertiary alicyclic amines) is 1. The number of carbonyl (C=O) groups excluding carboxylic acids is 2. The number of aliphatic hydroxyl groups is 1. The minimum atomic E-state index is -1.16. The van der Waals surface area contributed by atoms with Gasteiger partial charge >= 0.3 is 6.03 Å². The number of hydrogen-bond acceptors (Lipinski definition) is 4. The summed E-state index contributed by atoms with van der Waals surface area (Å²) in [6.07, 6.45) is 10.4. The van der Waals surface area contributed by atoms with Crippen molar-refractivity contribution in [3.05, 3.63) is 34.9 Å². The third-order valence-electron chi connectivity index (χ3n) is 8.16. The summed E-state index contributed by atoms with van der Waals surface area (Å²) in [7, 11) is 1.93. The number of nitrogens with one attached hydrogen (secondary N) is 3. The van der Waals surface area contributed by atoms with Crippen LogP contribution in [0.4, 0.5) is 4.79 Å². The number of nitrogens with zero attached hydrogens (tertiary/aromatic N) is 1. The topological polar surface area (TPSA) is 93.7 Å². The Morgan fingerprint density at radius 3 is 2.68 bits per heavy atom. The van der Waals surface area contributed by atoms with Gasteiger partial charge in [0.15, 0.2) is 0 Å². The van der Waals surface area contributed by atoms with E-state index in [4.69, 9.17) is 11.6 Å². The highest BCUT2D eigenvalue weighted by Gasteiger charge is 2.41. The van der Waals surface area contributed by atoms with Crippen LogP contribution in [0.25, 0.3) is 0 Å². The number of piperidine rings is 1. The molecule has 1 aliphatic carbocycles. The van der Waals surface area contributed by atoms with E-state index in [1.165, 1.54) is 32.1 Å². The molecule has 1 heterocycles. The van der Waals surface area contributed by atoms with Gasteiger partial charge in [-0.3, -0.25) is 4.79 Å². The maximum absolute atomic E-state index is 13.4. The number of urea groups is 1. The lowest BCUT2D eigenvalue weighted by Gasteiger charge is -2.43. The predicted octanol–water partition coefficient (Wildman–Crippen LogP) is 4.81. The fraction of sp³-hybridized carbons (Fsp3) is 0.724. The van der Waals surface area contributed by atoms with Crippen molar-refractivity contribution in [3.63, 3.8) is 0 Å². The molecule has 7 nitrogen and oxygen atoms in total. The Labute approximate surface area is 228 Å². The van der Waals surface area contributed by atoms with Crippen LogP contribution in [-0.2, 0) is 10.4 Å². The van der Waals surface area contributed by atoms with E-state index < -0.39 is 5.60 Å². The average Bonchev–Trinajstić information content (AvgIpc) is 2.89. The SMILES string of the molecule is CCNC(=O)CCCC(O)(c1cccc(Cl)c1)C1CCCN(C(=O)NC(CNC)CC2CCCCC2)C1. The van der Waals surface area contributed by atoms with Crippen molar-refractivity contribution in [2.45, 2.75) is 89.2 Å². The lowest BCUT2D eigenvalue weighted by molar-refractivity contribution is -0.121. The quantitative estimate of drug-likeness (QED) is 0.309. The summed E-state index contributed by atoms with van der Waals surface area (Å²) in [5.74, 6) is 0.536. The van der Waals surface area contributed by atoms with Crippen LogP contribution in [0.2, 0.25) is 5.02 Å². The Kier molecular flexibility index (Phi) is 12.0. The van der Waals surface area contributed by atoms with Crippen LogP contribution in [0.15, 0.2) is 24.3 Å². The van der Waals surface area contributed by atoms with E-state index in [0.29, 0.717) is 49.8 Å². The van der Waals surface area contributed by atoms with Crippen LogP contribution >= 0.6 is 11.6 Å². The highest BCUT2D eigenvalue weighted by Crippen LogP contribution is 2.40. The normalized spacial score (nSPS) is 21.2. The molecule has 2 aliphatic rings. The molecule has 3 rings (SSSR count). The average molecular weight is 535 g/mol. The van der Waals surface area contributed by atoms with Gasteiger partial charge in [0.1, 0.15) is 0 Å². The van der Waals surface area contributed by atoms with Gasteiger partial charge in [0.05, 0.1) is 5.60 Å². The van der Waals surface area contributed by atoms with E-state index in [-0.39, 0.29) is 23.9 Å². The summed E-state index contributed by atoms with van der Waals surface area (Å²) in [4.78, 5) is 27.3. The van der Waals surface area contributed by atoms with Gasteiger partial charge in [-0.1, -0.05) is 55.8 Å². The predicted molar refractivity (Wildman–Crippen MR) is 150 cm³/mol. The maximum atomic E-state index is 13.4. The third-order valence-corrected chi connectivity index (χ3v) is 8.40. The van der Waals surface area contributed by atoms with Gasteiger partial charge in [-0.25, -0.2) is 4.79 Å². The Balaban J connectivity index is 1.69. The van der Waals surface area contributed by atoms with E-state index in [2.05, 4.69) is 16.0 Å². The van der Waals surface area contributed by atoms with Crippen LogP contribution in [0.3, 0.4) is 0 Å². The zero-order valence-electron chi connectivity index (χ0n) is 22.7. The van der Waals surface area contributed by atoms with Crippen LogP contribution < -0.4 is 16.0 Å². The molecule has 1 aliphatic heterocycles. The molecule has 0 aromatic heterocycles. The number of carbonyl (C=O) groups is 2. The van der Waals surface area contributed by atoms with E-state index in [1.807, 2.05) is 37.1 Å². The first-order chi connectivity index (χ1) is 17.9. The first kappa shape index (κ1) is 29.7. The second kappa shape index (κ2) is 14.9. The number of amides is 3. The third kappa shape index (κ3) is 8.86. The molecule has 0 radical (unpaired) electrons. The molecular weight excluding hydrogens is 488 g/mol. The fourth-order valence-corrected chi connectivity index (χ4v) is 6.42. The molecule has 8 heteroatoms. The van der Waals surface area contributed by atoms with Crippen molar-refractivity contribution >= 4 is 23.5 Å². The minimum Gasteiger partial charge on any atom is -0.385 e. The molecule has 3 atom stereocenters. The lowest BCUT2D eigenvalue weighted by Crippen LogP contribution is -2.54. The van der Waals surface area contributed by atoms with Crippen molar-refractivity contribution in [1.82, 2.24) is 20.9 Å². The molecule has 208 valence electrons. The highest BCUT2D eigenvalue weighted by molar-refractivity contribution is 6.30. The van der Waals surface area contributed by atoms with Crippen molar-refractivity contribution in [2.75, 3.05) is 33.2 Å². The van der Waals surface area contributed by atoms with Crippen LogP contribution in [-0.4, -0.2) is 61.2 Å². The van der Waals surface area contributed by atoms with Crippen LogP contribution in [0, 0.1) is 11.8 Å². The number of halogens is 1. The molecule has 4 N–H and O–H groups in total. The van der Waals surface area contributed by atoms with Gasteiger partial charge in [0.2, 0.25) is 5.91 Å². The minimum absolute atomic E-state index is 0.00543. The first-order valence-electron chi connectivity index (χ1n) is 14.3. The smallest absolute Gasteiger partial charge is 0.317 e. The van der Waals surface area contributed by atoms with Crippen LogP contribution in [0.1, 0.15) is 83.1 Å². The summed E-state index contributed by atoms with van der Waals surface area (Å²) in [5.41, 5.74) is -0.406. The molecule has 1 saturated heterocycles. The Bertz CT molecular complexity index is 863. The van der Waals surface area contributed by atoms with Gasteiger partial charge in [-0.05, 0) is 69.7 Å². The molecule has 0 spiro atoms. The molecule has 0 bridgehead atoms. The molecular formula is C29H47ClN4O3. The molecule has 3 amide bonds. The zero-order valence-corrected chi connectivity index (χ0v) is 23.5. The molecule has 1 aromatic carbocycles. The molecule has 37 heavy (non-hydrogen) atoms. The van der Waals surface area contributed by atoms with Gasteiger partial charge < -0.3 is 26.0 Å². The largest absolute Gasteiger partial charge is 0.385 e. The Morgan fingerprint density at radius 1 is 1.19 bits per heavy atom. The van der Waals surface area contributed by atoms with E-state index in [0.717, 1.165) is 31.4 Å². The van der Waals surface area contributed by atoms with Crippen molar-refractivity contribution in [1.29, 1.82) is 0 Å². The number of hydrogen-bond donors (Lipinski definition) is 4. The molecule has 1 saturated carbocycles. The fourth-order valence-electron chi connectivity index (χ4n) is 6.23. The zero-order chi connectivity index (χ0) is 26.7. The lowest BCUT2D eigenvalue weighted by atomic mass is 9.74. The highest BCUT2D eigenvalue weighted by atomic mass is 35.5. The summed E-state index contributed by atoms with van der Waals surface area (Å²) >= 11 is 6.31. The van der Waals surface area contributed by atoms with Gasteiger partial charge in [0.25, 0.3) is 0 Å². The summed E-state index contributed by atoms with van der Waals surface area (Å²) in [5, 5.41) is 22.0. The maximum Gasteiger partial charge on any atom is 0.317 e. The number of benzene rings is 1. The summed E-state index contributed by atoms with van der Waals surface area (Å²) in [6, 6.07) is 7.44. The molecule has 3 unspecified atom stereocenters. The van der Waals surface area contributed by atoms with Crippen LogP contribution in [0.5, 0.6) is 0 Å². The van der Waals surface area contributed by atoms with Crippen molar-refractivity contribution < 1.29 is 14.7 Å². The van der Waals surface area contributed by atoms with Gasteiger partial charge in [-0.15, -0.1) is 0 Å². The van der Waals surface area contributed by atoms with E-state index >= 15 is 0 Å². The van der Waals surface area contributed by atoms with Crippen molar-refractivity contribution in [2.24, 2.45) is 11.8 Å². The second-order valence-electron chi connectivity index (χ2n) is 11.0. The number of likely N-dealkylation sites (N-methyl/N-ethyl adjacent to an activating group) is 1. The molecule has 1 aromatic rings. The first-order valence-corrected chi connectivity index (χ1v) is 14.7. The second-order valence-corrected chi connectivity index (χ2v) is 11.4. The summed E-state index contributed by atoms with van der Waals surface area (Å²) < 4.78 is 0. The monoisotopic (exact) mass is 534 g/mol. The van der Waals surface area contributed by atoms with E-state index in [1.54, 1.807) is 6.07 Å². The standard InChI is InChI=1S/C29H47ClN4O3/c1-3-32-27(35)15-8-16-29(37,23-12-7-14-25(30)19-23)24-13-9-17-34(21-24)28(36)33-26(20-31-2)18-22-10-5-4-6-11-22/h7,12,14,19,22,24,26,31,37H,3-6,8-11,13,15-18,20-21H2,1-2H3,(H,32,35)(H,33,36). The molecule has 2 fully saturated rings. The van der Waals surface area contributed by atoms with Gasteiger partial charge in [-0.2, -0.15) is 0 Å². The Morgan fingerprint density at radius 2 is 1.97 bits per heavy atom. The summed E-state index contributed by atoms with van der Waals surface area (Å²) in [6.45, 7) is 4.41. The van der Waals surface area contributed by atoms with Crippen molar-refractivity contribution in [3.8, 4) is 0 Å². The van der Waals surface area contributed by atoms with Gasteiger partial charge in [0, 0.05) is 49.6 Å². The van der Waals surface area contributed by atoms with E-state index in [9.17, 15) is 14.7 Å².